The fourth-order valence-electron chi connectivity index (χ4n) is 2.82. The molecule has 0 aliphatic carbocycles. The van der Waals surface area contributed by atoms with Gasteiger partial charge in [0.2, 0.25) is 0 Å². The van der Waals surface area contributed by atoms with Gasteiger partial charge in [-0.25, -0.2) is 13.4 Å². The minimum atomic E-state index is -2.94. The molecule has 0 amide bonds. The van der Waals surface area contributed by atoms with Gasteiger partial charge in [0.1, 0.15) is 9.84 Å². The average molecular weight is 541 g/mol. The molecule has 2 rings (SSSR count). The van der Waals surface area contributed by atoms with Gasteiger partial charge in [0.15, 0.2) is 5.96 Å². The number of benzene rings is 1. The maximum Gasteiger partial charge on any atom is 0.191 e. The van der Waals surface area contributed by atoms with Gasteiger partial charge in [-0.15, -0.1) is 24.0 Å². The van der Waals surface area contributed by atoms with Crippen molar-refractivity contribution in [2.45, 2.75) is 32.9 Å². The maximum absolute atomic E-state index is 11.3. The molecule has 1 saturated heterocycles. The number of sulfone groups is 1. The van der Waals surface area contributed by atoms with Gasteiger partial charge in [-0.05, 0) is 38.0 Å². The smallest absolute Gasteiger partial charge is 0.191 e. The predicted octanol–water partition coefficient (Wildman–Crippen LogP) is 2.74. The fraction of sp³-hybridized carbons (Fsp3) is 0.632. The lowest BCUT2D eigenvalue weighted by molar-refractivity contribution is 0.581. The summed E-state index contributed by atoms with van der Waals surface area (Å²) < 4.78 is 22.6. The summed E-state index contributed by atoms with van der Waals surface area (Å²) >= 11 is 2.02. The SMILES string of the molecule is CCNC(=NCc1ccc(N2CCSCC2)cc1)NC(C)CCS(C)(=O)=O.I. The number of aliphatic imine (C=N–C) groups is 1. The van der Waals surface area contributed by atoms with Crippen LogP contribution in [-0.4, -0.2) is 63.6 Å². The van der Waals surface area contributed by atoms with Gasteiger partial charge in [-0.1, -0.05) is 12.1 Å². The lowest BCUT2D eigenvalue weighted by Gasteiger charge is -2.28. The number of hydrogen-bond donors (Lipinski definition) is 2. The van der Waals surface area contributed by atoms with Gasteiger partial charge < -0.3 is 15.5 Å². The summed E-state index contributed by atoms with van der Waals surface area (Å²) in [6, 6.07) is 8.66. The molecule has 0 aromatic heterocycles. The second-order valence-corrected chi connectivity index (χ2v) is 10.4. The van der Waals surface area contributed by atoms with E-state index >= 15 is 0 Å². The topological polar surface area (TPSA) is 73.8 Å². The number of nitrogens with one attached hydrogen (secondary N) is 2. The van der Waals surface area contributed by atoms with Crippen molar-refractivity contribution in [3.05, 3.63) is 29.8 Å². The van der Waals surface area contributed by atoms with Crippen molar-refractivity contribution in [2.24, 2.45) is 4.99 Å². The van der Waals surface area contributed by atoms with Crippen LogP contribution in [0.1, 0.15) is 25.8 Å². The minimum absolute atomic E-state index is 0. The van der Waals surface area contributed by atoms with Gasteiger partial charge in [0.05, 0.1) is 12.3 Å². The number of anilines is 1. The van der Waals surface area contributed by atoms with Crippen LogP contribution in [-0.2, 0) is 16.4 Å². The molecule has 0 saturated carbocycles. The molecule has 1 aromatic rings. The molecular formula is C19H33IN4O2S2. The Balaban J connectivity index is 0.00000392. The monoisotopic (exact) mass is 540 g/mol. The zero-order valence-electron chi connectivity index (χ0n) is 17.0. The Kier molecular flexibility index (Phi) is 11.6. The summed E-state index contributed by atoms with van der Waals surface area (Å²) in [5.41, 5.74) is 2.44. The molecule has 1 unspecified atom stereocenters. The number of halogens is 1. The first-order valence-electron chi connectivity index (χ1n) is 9.51. The molecule has 1 aromatic carbocycles. The zero-order chi connectivity index (χ0) is 19.7. The summed E-state index contributed by atoms with van der Waals surface area (Å²) in [7, 11) is -2.94. The summed E-state index contributed by atoms with van der Waals surface area (Å²) in [5.74, 6) is 3.29. The first-order chi connectivity index (χ1) is 12.9. The van der Waals surface area contributed by atoms with Gasteiger partial charge in [-0.3, -0.25) is 0 Å². The van der Waals surface area contributed by atoms with E-state index in [1.54, 1.807) is 0 Å². The highest BCUT2D eigenvalue weighted by atomic mass is 127. The Labute approximate surface area is 191 Å². The van der Waals surface area contributed by atoms with Crippen LogP contribution in [0.25, 0.3) is 0 Å². The Morgan fingerprint density at radius 1 is 1.25 bits per heavy atom. The largest absolute Gasteiger partial charge is 0.370 e. The number of hydrogen-bond acceptors (Lipinski definition) is 5. The van der Waals surface area contributed by atoms with Crippen molar-refractivity contribution in [3.8, 4) is 0 Å². The highest BCUT2D eigenvalue weighted by Crippen LogP contribution is 2.20. The highest BCUT2D eigenvalue weighted by Gasteiger charge is 2.11. The van der Waals surface area contributed by atoms with Crippen molar-refractivity contribution in [3.63, 3.8) is 0 Å². The fourth-order valence-corrected chi connectivity index (χ4v) is 4.51. The Morgan fingerprint density at radius 2 is 1.89 bits per heavy atom. The Bertz CT molecular complexity index is 705. The Hall–Kier alpha value is -0.680. The maximum atomic E-state index is 11.3. The molecule has 28 heavy (non-hydrogen) atoms. The number of thioether (sulfide) groups is 1. The van der Waals surface area contributed by atoms with Gasteiger partial charge in [0, 0.05) is 49.1 Å². The van der Waals surface area contributed by atoms with Crippen LogP contribution in [0.4, 0.5) is 5.69 Å². The first kappa shape index (κ1) is 25.4. The molecule has 0 bridgehead atoms. The van der Waals surface area contributed by atoms with E-state index in [4.69, 9.17) is 0 Å². The van der Waals surface area contributed by atoms with Crippen LogP contribution < -0.4 is 15.5 Å². The van der Waals surface area contributed by atoms with Crippen molar-refractivity contribution in [1.29, 1.82) is 0 Å². The molecule has 0 spiro atoms. The second-order valence-electron chi connectivity index (χ2n) is 6.92. The lowest BCUT2D eigenvalue weighted by atomic mass is 10.2. The van der Waals surface area contributed by atoms with Crippen molar-refractivity contribution in [1.82, 2.24) is 10.6 Å². The zero-order valence-corrected chi connectivity index (χ0v) is 20.9. The van der Waals surface area contributed by atoms with Crippen LogP contribution in [0.3, 0.4) is 0 Å². The highest BCUT2D eigenvalue weighted by molar-refractivity contribution is 14.0. The van der Waals surface area contributed by atoms with E-state index in [0.717, 1.165) is 31.2 Å². The molecule has 1 aliphatic heterocycles. The van der Waals surface area contributed by atoms with E-state index in [1.165, 1.54) is 23.4 Å². The third kappa shape index (κ3) is 9.69. The molecule has 1 fully saturated rings. The van der Waals surface area contributed by atoms with Gasteiger partial charge >= 0.3 is 0 Å². The van der Waals surface area contributed by atoms with Gasteiger partial charge in [-0.2, -0.15) is 11.8 Å². The van der Waals surface area contributed by atoms with E-state index < -0.39 is 9.84 Å². The molecule has 2 N–H and O–H groups in total. The molecule has 1 aliphatic rings. The summed E-state index contributed by atoms with van der Waals surface area (Å²) in [6.07, 6.45) is 1.83. The lowest BCUT2D eigenvalue weighted by Crippen LogP contribution is -2.42. The number of nitrogens with zero attached hydrogens (tertiary/aromatic N) is 2. The van der Waals surface area contributed by atoms with E-state index in [1.807, 2.05) is 25.6 Å². The Morgan fingerprint density at radius 3 is 2.46 bits per heavy atom. The third-order valence-electron chi connectivity index (χ3n) is 4.38. The summed E-state index contributed by atoms with van der Waals surface area (Å²) in [5, 5.41) is 6.51. The van der Waals surface area contributed by atoms with E-state index in [0.29, 0.717) is 13.0 Å². The molecule has 1 heterocycles. The standard InChI is InChI=1S/C19H32N4O2S2.HI/c1-4-20-19(22-16(2)9-14-27(3,24)25)21-15-17-5-7-18(8-6-17)23-10-12-26-13-11-23;/h5-8,16H,4,9-15H2,1-3H3,(H2,20,21,22);1H. The molecule has 1 atom stereocenters. The van der Waals surface area contributed by atoms with Gasteiger partial charge in [0.25, 0.3) is 0 Å². The van der Waals surface area contributed by atoms with Crippen LogP contribution in [0.5, 0.6) is 0 Å². The summed E-state index contributed by atoms with van der Waals surface area (Å²) in [6.45, 7) is 7.57. The van der Waals surface area contributed by atoms with Crippen molar-refractivity contribution >= 4 is 57.2 Å². The number of rotatable bonds is 8. The van der Waals surface area contributed by atoms with E-state index in [9.17, 15) is 8.42 Å². The van der Waals surface area contributed by atoms with E-state index in [2.05, 4.69) is 44.8 Å². The normalized spacial score (nSPS) is 16.2. The summed E-state index contributed by atoms with van der Waals surface area (Å²) in [4.78, 5) is 7.07. The predicted molar refractivity (Wildman–Crippen MR) is 133 cm³/mol. The van der Waals surface area contributed by atoms with Crippen LogP contribution in [0, 0.1) is 0 Å². The van der Waals surface area contributed by atoms with Crippen molar-refractivity contribution in [2.75, 3.05) is 48.0 Å². The molecule has 160 valence electrons. The molecule has 0 radical (unpaired) electrons. The second kappa shape index (κ2) is 12.8. The molecule has 9 heteroatoms. The van der Waals surface area contributed by atoms with Crippen molar-refractivity contribution < 1.29 is 8.42 Å². The minimum Gasteiger partial charge on any atom is -0.370 e. The first-order valence-corrected chi connectivity index (χ1v) is 12.7. The van der Waals surface area contributed by atoms with Crippen LogP contribution in [0.15, 0.2) is 29.3 Å². The van der Waals surface area contributed by atoms with E-state index in [-0.39, 0.29) is 35.8 Å². The molecular weight excluding hydrogens is 507 g/mol. The number of guanidine groups is 1. The van der Waals surface area contributed by atoms with Crippen LogP contribution in [0.2, 0.25) is 0 Å². The third-order valence-corrected chi connectivity index (χ3v) is 6.30. The quantitative estimate of drug-likeness (QED) is 0.300. The van der Waals surface area contributed by atoms with Crippen LogP contribution >= 0.6 is 35.7 Å². The molecule has 6 nitrogen and oxygen atoms in total. The average Bonchev–Trinajstić information content (AvgIpc) is 2.65.